The highest BCUT2D eigenvalue weighted by molar-refractivity contribution is 5.13. The van der Waals surface area contributed by atoms with Crippen LogP contribution in [0.2, 0.25) is 0 Å². The molecular formula is C6H6F6. The van der Waals surface area contributed by atoms with E-state index in [9.17, 15) is 26.3 Å². The summed E-state index contributed by atoms with van der Waals surface area (Å²) < 4.78 is 71.4. The molecule has 0 aromatic rings. The first-order chi connectivity index (χ1) is 5.10. The molecule has 0 aliphatic carbocycles. The third kappa shape index (κ3) is 1.92. The molecule has 6 heteroatoms. The molecule has 0 fully saturated rings. The van der Waals surface area contributed by atoms with E-state index in [0.29, 0.717) is 6.92 Å². The molecule has 0 heterocycles. The number of rotatable bonds is 1. The molecular weight excluding hydrogens is 186 g/mol. The van der Waals surface area contributed by atoms with Crippen molar-refractivity contribution in [1.29, 1.82) is 0 Å². The topological polar surface area (TPSA) is 0 Å². The van der Waals surface area contributed by atoms with Crippen LogP contribution in [0.15, 0.2) is 11.7 Å². The molecule has 0 bridgehead atoms. The van der Waals surface area contributed by atoms with E-state index in [2.05, 4.69) is 0 Å². The average molecular weight is 192 g/mol. The summed E-state index contributed by atoms with van der Waals surface area (Å²) in [5.74, 6) is -4.24. The van der Waals surface area contributed by atoms with Crippen LogP contribution in [0.25, 0.3) is 0 Å². The van der Waals surface area contributed by atoms with Gasteiger partial charge in [0.25, 0.3) is 5.67 Å². The molecule has 0 N–H and O–H groups in total. The lowest BCUT2D eigenvalue weighted by Crippen LogP contribution is -2.38. The van der Waals surface area contributed by atoms with E-state index < -0.39 is 23.5 Å². The highest BCUT2D eigenvalue weighted by Gasteiger charge is 2.56. The predicted molar refractivity (Wildman–Crippen MR) is 30.5 cm³/mol. The van der Waals surface area contributed by atoms with E-state index in [1.165, 1.54) is 0 Å². The summed E-state index contributed by atoms with van der Waals surface area (Å²) in [4.78, 5) is 0. The lowest BCUT2D eigenvalue weighted by Gasteiger charge is -2.21. The quantitative estimate of drug-likeness (QED) is 0.558. The summed E-state index contributed by atoms with van der Waals surface area (Å²) in [5.41, 5.74) is -4.24. The fourth-order valence-corrected chi connectivity index (χ4v) is 0.448. The normalized spacial score (nSPS) is 20.0. The lowest BCUT2D eigenvalue weighted by atomic mass is 10.1. The zero-order valence-corrected chi connectivity index (χ0v) is 6.27. The Balaban J connectivity index is 5.01. The molecule has 1 unspecified atom stereocenters. The molecule has 0 aromatic carbocycles. The molecule has 12 heavy (non-hydrogen) atoms. The molecule has 0 amide bonds. The van der Waals surface area contributed by atoms with E-state index in [1.54, 1.807) is 0 Å². The minimum absolute atomic E-state index is 0.0780. The second-order valence-electron chi connectivity index (χ2n) is 2.35. The largest absolute Gasteiger partial charge is 0.428 e. The number of alkyl halides is 4. The Labute approximate surface area is 64.9 Å². The minimum Gasteiger partial charge on any atom is -0.226 e. The lowest BCUT2D eigenvalue weighted by molar-refractivity contribution is -0.215. The maximum absolute atomic E-state index is 12.4. The monoisotopic (exact) mass is 192 g/mol. The second-order valence-corrected chi connectivity index (χ2v) is 2.35. The van der Waals surface area contributed by atoms with E-state index in [4.69, 9.17) is 0 Å². The van der Waals surface area contributed by atoms with Crippen molar-refractivity contribution in [2.45, 2.75) is 25.7 Å². The first-order valence-corrected chi connectivity index (χ1v) is 2.88. The maximum atomic E-state index is 12.4. The van der Waals surface area contributed by atoms with Gasteiger partial charge in [-0.2, -0.15) is 13.2 Å². The first-order valence-electron chi connectivity index (χ1n) is 2.88. The van der Waals surface area contributed by atoms with Crippen LogP contribution >= 0.6 is 0 Å². The zero-order valence-electron chi connectivity index (χ0n) is 6.27. The van der Waals surface area contributed by atoms with Crippen LogP contribution in [0.4, 0.5) is 26.3 Å². The molecule has 0 saturated heterocycles. The van der Waals surface area contributed by atoms with Crippen molar-refractivity contribution in [2.24, 2.45) is 0 Å². The molecule has 0 radical (unpaired) electrons. The van der Waals surface area contributed by atoms with Crippen LogP contribution in [0.5, 0.6) is 0 Å². The Bertz CT molecular complexity index is 195. The Morgan fingerprint density at radius 2 is 1.33 bits per heavy atom. The van der Waals surface area contributed by atoms with Crippen molar-refractivity contribution >= 4 is 0 Å². The van der Waals surface area contributed by atoms with Gasteiger partial charge in [0.05, 0.1) is 0 Å². The summed E-state index contributed by atoms with van der Waals surface area (Å²) in [6.07, 6.45) is -5.44. The fourth-order valence-electron chi connectivity index (χ4n) is 0.448. The Morgan fingerprint density at radius 1 is 1.00 bits per heavy atom. The molecule has 0 saturated carbocycles. The number of hydrogen-bond donors (Lipinski definition) is 0. The standard InChI is InChI=1S/C6H6F6/c1-3(7)4(8)5(2,9)6(10,11)12/h1-2H3. The third-order valence-corrected chi connectivity index (χ3v) is 1.25. The smallest absolute Gasteiger partial charge is 0.226 e. The van der Waals surface area contributed by atoms with Crippen molar-refractivity contribution in [3.63, 3.8) is 0 Å². The first kappa shape index (κ1) is 11.3. The van der Waals surface area contributed by atoms with Crippen LogP contribution < -0.4 is 0 Å². The van der Waals surface area contributed by atoms with Gasteiger partial charge in [-0.1, -0.05) is 0 Å². The van der Waals surface area contributed by atoms with Gasteiger partial charge in [0.2, 0.25) is 0 Å². The third-order valence-electron chi connectivity index (χ3n) is 1.25. The fraction of sp³-hybridized carbons (Fsp3) is 0.667. The van der Waals surface area contributed by atoms with Gasteiger partial charge in [0.15, 0.2) is 5.83 Å². The second kappa shape index (κ2) is 2.99. The van der Waals surface area contributed by atoms with E-state index in [1.807, 2.05) is 0 Å². The summed E-state index contributed by atoms with van der Waals surface area (Å²) in [5, 5.41) is 0. The van der Waals surface area contributed by atoms with Gasteiger partial charge in [0, 0.05) is 0 Å². The SMILES string of the molecule is CC(F)=C(F)C(C)(F)C(F)(F)F. The maximum Gasteiger partial charge on any atom is 0.428 e. The Kier molecular flexibility index (Phi) is 2.82. The average Bonchev–Trinajstić information content (AvgIpc) is 1.83. The highest BCUT2D eigenvalue weighted by atomic mass is 19.4. The van der Waals surface area contributed by atoms with E-state index >= 15 is 0 Å². The van der Waals surface area contributed by atoms with Gasteiger partial charge < -0.3 is 0 Å². The molecule has 1 atom stereocenters. The van der Waals surface area contributed by atoms with Crippen molar-refractivity contribution in [3.8, 4) is 0 Å². The Hall–Kier alpha value is -0.680. The van der Waals surface area contributed by atoms with Crippen molar-refractivity contribution in [3.05, 3.63) is 11.7 Å². The van der Waals surface area contributed by atoms with Gasteiger partial charge in [0.1, 0.15) is 5.83 Å². The molecule has 0 aromatic heterocycles. The zero-order chi connectivity index (χ0) is 10.2. The van der Waals surface area contributed by atoms with Crippen molar-refractivity contribution in [2.75, 3.05) is 0 Å². The molecule has 0 aliphatic rings. The van der Waals surface area contributed by atoms with E-state index in [-0.39, 0.29) is 6.92 Å². The molecule has 0 aliphatic heterocycles. The number of halogens is 6. The van der Waals surface area contributed by atoms with Crippen LogP contribution in [0.3, 0.4) is 0 Å². The van der Waals surface area contributed by atoms with Crippen LogP contribution in [0.1, 0.15) is 13.8 Å². The summed E-state index contributed by atoms with van der Waals surface area (Å²) in [7, 11) is 0. The van der Waals surface area contributed by atoms with E-state index in [0.717, 1.165) is 0 Å². The van der Waals surface area contributed by atoms with Gasteiger partial charge in [-0.05, 0) is 13.8 Å². The Morgan fingerprint density at radius 3 is 1.42 bits per heavy atom. The van der Waals surface area contributed by atoms with Gasteiger partial charge in [-0.15, -0.1) is 0 Å². The van der Waals surface area contributed by atoms with Crippen LogP contribution in [-0.4, -0.2) is 11.8 Å². The van der Waals surface area contributed by atoms with Crippen LogP contribution in [0, 0.1) is 0 Å². The molecule has 0 rings (SSSR count). The van der Waals surface area contributed by atoms with Crippen LogP contribution in [-0.2, 0) is 0 Å². The summed E-state index contributed by atoms with van der Waals surface area (Å²) >= 11 is 0. The minimum atomic E-state index is -5.44. The van der Waals surface area contributed by atoms with Gasteiger partial charge in [-0.25, -0.2) is 13.2 Å². The van der Waals surface area contributed by atoms with Gasteiger partial charge >= 0.3 is 6.18 Å². The molecule has 72 valence electrons. The molecule has 0 spiro atoms. The summed E-state index contributed by atoms with van der Waals surface area (Å²) in [6.45, 7) is 0.338. The number of allylic oxidation sites excluding steroid dienone is 2. The predicted octanol–water partition coefficient (Wildman–Crippen LogP) is 3.45. The number of hydrogen-bond acceptors (Lipinski definition) is 0. The highest BCUT2D eigenvalue weighted by Crippen LogP contribution is 2.41. The van der Waals surface area contributed by atoms with Gasteiger partial charge in [-0.3, -0.25) is 0 Å². The summed E-state index contributed by atoms with van der Waals surface area (Å²) in [6, 6.07) is 0. The van der Waals surface area contributed by atoms with Crippen molar-refractivity contribution < 1.29 is 26.3 Å². The molecule has 0 nitrogen and oxygen atoms in total. The van der Waals surface area contributed by atoms with Crippen molar-refractivity contribution in [1.82, 2.24) is 0 Å².